The molecule has 1 aliphatic heterocycles. The quantitative estimate of drug-likeness (QED) is 0.804. The Hall–Kier alpha value is -2.02. The number of tetrazole rings is 1. The molecule has 2 N–H and O–H groups in total. The third-order valence-electron chi connectivity index (χ3n) is 3.00. The molecule has 94 valence electrons. The van der Waals surface area contributed by atoms with Crippen LogP contribution in [0.25, 0.3) is 11.4 Å². The van der Waals surface area contributed by atoms with Crippen LogP contribution < -0.4 is 5.73 Å². The minimum atomic E-state index is -0.375. The predicted molar refractivity (Wildman–Crippen MR) is 62.1 cm³/mol. The van der Waals surface area contributed by atoms with Crippen molar-refractivity contribution in [2.24, 2.45) is 0 Å². The fourth-order valence-electron chi connectivity index (χ4n) is 2.07. The Morgan fingerprint density at radius 1 is 1.44 bits per heavy atom. The molecule has 0 aliphatic carbocycles. The van der Waals surface area contributed by atoms with E-state index >= 15 is 0 Å². The first-order valence-electron chi connectivity index (χ1n) is 5.66. The van der Waals surface area contributed by atoms with E-state index in [2.05, 4.69) is 15.5 Å². The molecule has 1 fully saturated rings. The Balaban J connectivity index is 2.03. The number of nitrogen functional groups attached to an aromatic ring is 1. The molecule has 1 aliphatic rings. The van der Waals surface area contributed by atoms with Crippen molar-refractivity contribution < 1.29 is 9.13 Å². The van der Waals surface area contributed by atoms with Gasteiger partial charge in [-0.2, -0.15) is 0 Å². The topological polar surface area (TPSA) is 78.9 Å². The first-order valence-corrected chi connectivity index (χ1v) is 5.66. The van der Waals surface area contributed by atoms with Crippen molar-refractivity contribution in [2.45, 2.75) is 12.5 Å². The molecule has 2 aromatic rings. The zero-order valence-corrected chi connectivity index (χ0v) is 9.58. The average Bonchev–Trinajstić information content (AvgIpc) is 2.98. The summed E-state index contributed by atoms with van der Waals surface area (Å²) in [4.78, 5) is 0. The fourth-order valence-corrected chi connectivity index (χ4v) is 2.07. The van der Waals surface area contributed by atoms with Gasteiger partial charge in [-0.1, -0.05) is 0 Å². The van der Waals surface area contributed by atoms with Crippen molar-refractivity contribution in [3.63, 3.8) is 0 Å². The van der Waals surface area contributed by atoms with Crippen LogP contribution in [0.2, 0.25) is 0 Å². The Morgan fingerprint density at radius 2 is 2.33 bits per heavy atom. The van der Waals surface area contributed by atoms with E-state index in [4.69, 9.17) is 10.5 Å². The fraction of sp³-hybridized carbons (Fsp3) is 0.364. The third-order valence-corrected chi connectivity index (χ3v) is 3.00. The first-order chi connectivity index (χ1) is 8.75. The third kappa shape index (κ3) is 1.82. The maximum Gasteiger partial charge on any atom is 0.184 e. The summed E-state index contributed by atoms with van der Waals surface area (Å²) in [5, 5.41) is 11.6. The monoisotopic (exact) mass is 249 g/mol. The van der Waals surface area contributed by atoms with Gasteiger partial charge in [-0.05, 0) is 35.0 Å². The van der Waals surface area contributed by atoms with E-state index in [1.54, 1.807) is 10.7 Å². The van der Waals surface area contributed by atoms with Crippen molar-refractivity contribution in [1.82, 2.24) is 20.2 Å². The van der Waals surface area contributed by atoms with Crippen LogP contribution >= 0.6 is 0 Å². The number of nitrogens with zero attached hydrogens (tertiary/aromatic N) is 4. The first kappa shape index (κ1) is 11.1. The molecule has 0 bridgehead atoms. The summed E-state index contributed by atoms with van der Waals surface area (Å²) in [7, 11) is 0. The Kier molecular flexibility index (Phi) is 2.67. The van der Waals surface area contributed by atoms with Gasteiger partial charge in [0.15, 0.2) is 5.82 Å². The lowest BCUT2D eigenvalue weighted by Gasteiger charge is -2.11. The summed E-state index contributed by atoms with van der Waals surface area (Å²) in [5.74, 6) is 0.169. The molecular weight excluding hydrogens is 237 g/mol. The minimum Gasteiger partial charge on any atom is -0.398 e. The molecule has 1 aromatic heterocycles. The van der Waals surface area contributed by atoms with Crippen LogP contribution in [0.1, 0.15) is 12.5 Å². The SMILES string of the molecule is Nc1cc(F)ccc1-c1nnnn1C1CCOC1. The van der Waals surface area contributed by atoms with Crippen molar-refractivity contribution >= 4 is 5.69 Å². The molecule has 1 unspecified atom stereocenters. The Bertz CT molecular complexity index is 564. The molecule has 0 saturated carbocycles. The second kappa shape index (κ2) is 4.34. The van der Waals surface area contributed by atoms with Crippen molar-refractivity contribution in [3.05, 3.63) is 24.0 Å². The standard InChI is InChI=1S/C11H12FN5O/c12-7-1-2-9(10(13)5-7)11-14-15-16-17(11)8-3-4-18-6-8/h1-2,5,8H,3-4,6,13H2. The van der Waals surface area contributed by atoms with Crippen molar-refractivity contribution in [1.29, 1.82) is 0 Å². The zero-order chi connectivity index (χ0) is 12.5. The van der Waals surface area contributed by atoms with Crippen molar-refractivity contribution in [2.75, 3.05) is 18.9 Å². The Morgan fingerprint density at radius 3 is 3.06 bits per heavy atom. The highest BCUT2D eigenvalue weighted by molar-refractivity contribution is 5.71. The van der Waals surface area contributed by atoms with Gasteiger partial charge in [-0.25, -0.2) is 9.07 Å². The molecule has 18 heavy (non-hydrogen) atoms. The number of aromatic nitrogens is 4. The van der Waals surface area contributed by atoms with Gasteiger partial charge in [0.05, 0.1) is 12.6 Å². The molecule has 0 radical (unpaired) electrons. The van der Waals surface area contributed by atoms with Gasteiger partial charge in [0.2, 0.25) is 0 Å². The smallest absolute Gasteiger partial charge is 0.184 e. The summed E-state index contributed by atoms with van der Waals surface area (Å²) in [6.45, 7) is 1.28. The summed E-state index contributed by atoms with van der Waals surface area (Å²) in [6.07, 6.45) is 0.860. The summed E-state index contributed by atoms with van der Waals surface area (Å²) in [6, 6.07) is 4.30. The summed E-state index contributed by atoms with van der Waals surface area (Å²) < 4.78 is 20.0. The zero-order valence-electron chi connectivity index (χ0n) is 9.58. The van der Waals surface area contributed by atoms with Crippen molar-refractivity contribution in [3.8, 4) is 11.4 Å². The molecular formula is C11H12FN5O. The number of hydrogen-bond acceptors (Lipinski definition) is 5. The number of benzene rings is 1. The number of halogens is 1. The number of nitrogens with two attached hydrogens (primary N) is 1. The summed E-state index contributed by atoms with van der Waals surface area (Å²) in [5.41, 5.74) is 6.76. The largest absolute Gasteiger partial charge is 0.398 e. The lowest BCUT2D eigenvalue weighted by molar-refractivity contribution is 0.184. The minimum absolute atomic E-state index is 0.111. The lowest BCUT2D eigenvalue weighted by Crippen LogP contribution is -2.12. The van der Waals surface area contributed by atoms with Crippen LogP contribution in [0.3, 0.4) is 0 Å². The van der Waals surface area contributed by atoms with Gasteiger partial charge >= 0.3 is 0 Å². The van der Waals surface area contributed by atoms with Crippen LogP contribution in [0, 0.1) is 5.82 Å². The normalized spacial score (nSPS) is 19.3. The van der Waals surface area contributed by atoms with Crippen LogP contribution in [-0.4, -0.2) is 33.4 Å². The van der Waals surface area contributed by atoms with E-state index in [1.165, 1.54) is 12.1 Å². The molecule has 0 spiro atoms. The average molecular weight is 249 g/mol. The van der Waals surface area contributed by atoms with Crippen LogP contribution in [-0.2, 0) is 4.74 Å². The van der Waals surface area contributed by atoms with E-state index in [1.807, 2.05) is 0 Å². The highest BCUT2D eigenvalue weighted by Gasteiger charge is 2.23. The maximum atomic E-state index is 13.0. The van der Waals surface area contributed by atoms with E-state index in [0.29, 0.717) is 30.3 Å². The molecule has 6 nitrogen and oxygen atoms in total. The molecule has 2 heterocycles. The van der Waals surface area contributed by atoms with Gasteiger partial charge < -0.3 is 10.5 Å². The van der Waals surface area contributed by atoms with Crippen LogP contribution in [0.4, 0.5) is 10.1 Å². The molecule has 3 rings (SSSR count). The highest BCUT2D eigenvalue weighted by atomic mass is 19.1. The number of hydrogen-bond donors (Lipinski definition) is 1. The molecule has 1 atom stereocenters. The van der Waals surface area contributed by atoms with E-state index in [0.717, 1.165) is 6.42 Å². The second-order valence-electron chi connectivity index (χ2n) is 4.20. The van der Waals surface area contributed by atoms with Crippen LogP contribution in [0.5, 0.6) is 0 Å². The van der Waals surface area contributed by atoms with E-state index < -0.39 is 0 Å². The Labute approximate surface area is 103 Å². The lowest BCUT2D eigenvalue weighted by atomic mass is 10.1. The van der Waals surface area contributed by atoms with Crippen LogP contribution in [0.15, 0.2) is 18.2 Å². The highest BCUT2D eigenvalue weighted by Crippen LogP contribution is 2.28. The van der Waals surface area contributed by atoms with Gasteiger partial charge in [0.25, 0.3) is 0 Å². The summed E-state index contributed by atoms with van der Waals surface area (Å²) >= 11 is 0. The predicted octanol–water partition coefficient (Wildman–Crippen LogP) is 1.02. The van der Waals surface area contributed by atoms with Gasteiger partial charge in [-0.15, -0.1) is 5.10 Å². The molecule has 1 aromatic carbocycles. The van der Waals surface area contributed by atoms with Gasteiger partial charge in [-0.3, -0.25) is 0 Å². The number of rotatable bonds is 2. The van der Waals surface area contributed by atoms with Gasteiger partial charge in [0.1, 0.15) is 5.82 Å². The number of ether oxygens (including phenoxy) is 1. The molecule has 1 saturated heterocycles. The second-order valence-corrected chi connectivity index (χ2v) is 4.20. The molecule has 0 amide bonds. The number of anilines is 1. The maximum absolute atomic E-state index is 13.0. The van der Waals surface area contributed by atoms with Gasteiger partial charge in [0, 0.05) is 17.9 Å². The van der Waals surface area contributed by atoms with E-state index in [9.17, 15) is 4.39 Å². The molecule has 7 heteroatoms. The van der Waals surface area contributed by atoms with E-state index in [-0.39, 0.29) is 11.9 Å².